The van der Waals surface area contributed by atoms with Crippen molar-refractivity contribution >= 4 is 11.7 Å². The summed E-state index contributed by atoms with van der Waals surface area (Å²) in [5.74, 6) is 0.699. The lowest BCUT2D eigenvalue weighted by molar-refractivity contribution is 0.0662. The maximum Gasteiger partial charge on any atom is 0.265 e. The van der Waals surface area contributed by atoms with Crippen molar-refractivity contribution in [2.24, 2.45) is 0 Å². The van der Waals surface area contributed by atoms with Crippen LogP contribution in [0, 0.1) is 6.92 Å². The molecule has 0 bridgehead atoms. The third-order valence-corrected chi connectivity index (χ3v) is 3.53. The Kier molecular flexibility index (Phi) is 5.52. The molecule has 1 saturated heterocycles. The van der Waals surface area contributed by atoms with Crippen LogP contribution in [-0.2, 0) is 0 Å². The molecule has 1 aliphatic heterocycles. The van der Waals surface area contributed by atoms with Crippen LogP contribution < -0.4 is 10.7 Å². The zero-order valence-electron chi connectivity index (χ0n) is 13.1. The normalized spacial score (nSPS) is 16.7. The fourth-order valence-electron chi connectivity index (χ4n) is 2.27. The minimum atomic E-state index is -0.0652. The Balaban J connectivity index is 1.99. The van der Waals surface area contributed by atoms with Gasteiger partial charge in [0.1, 0.15) is 5.82 Å². The number of piperazine rings is 1. The van der Waals surface area contributed by atoms with Crippen LogP contribution in [0.15, 0.2) is 12.1 Å². The van der Waals surface area contributed by atoms with Crippen LogP contribution in [0.1, 0.15) is 29.4 Å². The number of carbonyl (C=O) groups excluding carboxylic acids is 1. The Morgan fingerprint density at radius 3 is 2.67 bits per heavy atom. The molecule has 0 aliphatic carbocycles. The van der Waals surface area contributed by atoms with Crippen molar-refractivity contribution in [1.82, 2.24) is 20.3 Å². The van der Waals surface area contributed by atoms with E-state index in [0.29, 0.717) is 5.56 Å². The zero-order chi connectivity index (χ0) is 15.2. The van der Waals surface area contributed by atoms with E-state index in [4.69, 9.17) is 0 Å². The van der Waals surface area contributed by atoms with Gasteiger partial charge in [-0.15, -0.1) is 0 Å². The number of hydrogen-bond acceptors (Lipinski definition) is 5. The summed E-state index contributed by atoms with van der Waals surface area (Å²) in [5.41, 5.74) is 4.48. The van der Waals surface area contributed by atoms with Crippen molar-refractivity contribution < 1.29 is 4.79 Å². The number of hydrazine groups is 1. The molecule has 0 radical (unpaired) electrons. The predicted octanol–water partition coefficient (Wildman–Crippen LogP) is 1.10. The number of amides is 1. The van der Waals surface area contributed by atoms with Gasteiger partial charge < -0.3 is 10.2 Å². The lowest BCUT2D eigenvalue weighted by Gasteiger charge is -2.32. The second-order valence-corrected chi connectivity index (χ2v) is 5.54. The van der Waals surface area contributed by atoms with Crippen LogP contribution in [0.3, 0.4) is 0 Å². The first kappa shape index (κ1) is 15.7. The zero-order valence-corrected chi connectivity index (χ0v) is 13.1. The molecule has 2 N–H and O–H groups in total. The summed E-state index contributed by atoms with van der Waals surface area (Å²) in [7, 11) is 2.09. The topological polar surface area (TPSA) is 60.5 Å². The van der Waals surface area contributed by atoms with Crippen molar-refractivity contribution in [1.29, 1.82) is 0 Å². The summed E-state index contributed by atoms with van der Waals surface area (Å²) >= 11 is 0. The summed E-state index contributed by atoms with van der Waals surface area (Å²) in [6.45, 7) is 8.52. The molecule has 0 unspecified atom stereocenters. The fourth-order valence-corrected chi connectivity index (χ4v) is 2.27. The number of anilines is 1. The Bertz CT molecular complexity index is 483. The van der Waals surface area contributed by atoms with E-state index in [1.165, 1.54) is 0 Å². The molecule has 1 aromatic heterocycles. The summed E-state index contributed by atoms with van der Waals surface area (Å²) in [6, 6.07) is 3.64. The molecule has 0 aromatic carbocycles. The van der Waals surface area contributed by atoms with Gasteiger partial charge in [-0.3, -0.25) is 10.2 Å². The van der Waals surface area contributed by atoms with Gasteiger partial charge in [0.25, 0.3) is 5.91 Å². The maximum atomic E-state index is 12.4. The number of rotatable bonds is 5. The summed E-state index contributed by atoms with van der Waals surface area (Å²) in [6.07, 6.45) is 1.03. The number of nitrogens with zero attached hydrogens (tertiary/aromatic N) is 3. The molecule has 1 amide bonds. The number of aryl methyl sites for hydroxylation is 1. The molecule has 0 saturated carbocycles. The molecule has 1 aromatic rings. The highest BCUT2D eigenvalue weighted by molar-refractivity contribution is 5.94. The average Bonchev–Trinajstić information content (AvgIpc) is 2.47. The summed E-state index contributed by atoms with van der Waals surface area (Å²) in [4.78, 5) is 19.0. The molecule has 0 spiro atoms. The minimum Gasteiger partial charge on any atom is -0.370 e. The standard InChI is InChI=1S/C15H25N5O/c1-4-5-16-14-11-13(10-12(2)17-14)15(21)18-20-8-6-19(3)7-9-20/h10-11H,4-9H2,1-3H3,(H,16,17)(H,18,21). The van der Waals surface area contributed by atoms with E-state index < -0.39 is 0 Å². The molecule has 2 rings (SSSR count). The van der Waals surface area contributed by atoms with E-state index in [-0.39, 0.29) is 5.91 Å². The lowest BCUT2D eigenvalue weighted by atomic mass is 10.2. The van der Waals surface area contributed by atoms with Gasteiger partial charge >= 0.3 is 0 Å². The third kappa shape index (κ3) is 4.68. The molecule has 116 valence electrons. The minimum absolute atomic E-state index is 0.0652. The van der Waals surface area contributed by atoms with Gasteiger partial charge in [0.15, 0.2) is 0 Å². The van der Waals surface area contributed by atoms with E-state index in [0.717, 1.165) is 50.7 Å². The highest BCUT2D eigenvalue weighted by Gasteiger charge is 2.17. The first-order chi connectivity index (χ1) is 10.1. The molecule has 1 aliphatic rings. The number of nitrogens with one attached hydrogen (secondary N) is 2. The number of hydrogen-bond donors (Lipinski definition) is 2. The van der Waals surface area contributed by atoms with Gasteiger partial charge in [-0.2, -0.15) is 0 Å². The average molecular weight is 291 g/mol. The van der Waals surface area contributed by atoms with Crippen molar-refractivity contribution in [2.75, 3.05) is 45.1 Å². The van der Waals surface area contributed by atoms with Gasteiger partial charge in [0, 0.05) is 44.0 Å². The van der Waals surface area contributed by atoms with E-state index in [1.807, 2.05) is 24.1 Å². The number of likely N-dealkylation sites (N-methyl/N-ethyl adjacent to an activating group) is 1. The Morgan fingerprint density at radius 1 is 1.29 bits per heavy atom. The number of aromatic nitrogens is 1. The molecule has 6 nitrogen and oxygen atoms in total. The van der Waals surface area contributed by atoms with Gasteiger partial charge in [0.2, 0.25) is 0 Å². The summed E-state index contributed by atoms with van der Waals surface area (Å²) in [5, 5.41) is 5.21. The van der Waals surface area contributed by atoms with Crippen LogP contribution in [0.5, 0.6) is 0 Å². The van der Waals surface area contributed by atoms with Crippen LogP contribution in [0.2, 0.25) is 0 Å². The predicted molar refractivity (Wildman–Crippen MR) is 84.3 cm³/mol. The van der Waals surface area contributed by atoms with E-state index >= 15 is 0 Å². The van der Waals surface area contributed by atoms with E-state index in [2.05, 4.69) is 34.6 Å². The Labute approximate surface area is 126 Å². The van der Waals surface area contributed by atoms with Gasteiger partial charge in [-0.25, -0.2) is 9.99 Å². The van der Waals surface area contributed by atoms with Crippen molar-refractivity contribution in [3.63, 3.8) is 0 Å². The second-order valence-electron chi connectivity index (χ2n) is 5.54. The molecule has 6 heteroatoms. The Morgan fingerprint density at radius 2 is 2.00 bits per heavy atom. The van der Waals surface area contributed by atoms with Crippen molar-refractivity contribution in [3.8, 4) is 0 Å². The van der Waals surface area contributed by atoms with Crippen LogP contribution in [0.25, 0.3) is 0 Å². The smallest absolute Gasteiger partial charge is 0.265 e. The molecule has 1 fully saturated rings. The van der Waals surface area contributed by atoms with Gasteiger partial charge in [-0.05, 0) is 32.5 Å². The van der Waals surface area contributed by atoms with E-state index in [9.17, 15) is 4.79 Å². The van der Waals surface area contributed by atoms with Crippen LogP contribution in [-0.4, -0.2) is 60.6 Å². The quantitative estimate of drug-likeness (QED) is 0.851. The highest BCUT2D eigenvalue weighted by atomic mass is 16.2. The summed E-state index contributed by atoms with van der Waals surface area (Å²) < 4.78 is 0. The number of carbonyl (C=O) groups is 1. The SMILES string of the molecule is CCCNc1cc(C(=O)NN2CCN(C)CC2)cc(C)n1. The maximum absolute atomic E-state index is 12.4. The third-order valence-electron chi connectivity index (χ3n) is 3.53. The molecular formula is C15H25N5O. The largest absolute Gasteiger partial charge is 0.370 e. The van der Waals surface area contributed by atoms with Crippen LogP contribution in [0.4, 0.5) is 5.82 Å². The first-order valence-electron chi connectivity index (χ1n) is 7.55. The van der Waals surface area contributed by atoms with Gasteiger partial charge in [0.05, 0.1) is 0 Å². The fraction of sp³-hybridized carbons (Fsp3) is 0.600. The molecular weight excluding hydrogens is 266 g/mol. The molecule has 21 heavy (non-hydrogen) atoms. The van der Waals surface area contributed by atoms with Crippen molar-refractivity contribution in [2.45, 2.75) is 20.3 Å². The lowest BCUT2D eigenvalue weighted by Crippen LogP contribution is -2.52. The highest BCUT2D eigenvalue weighted by Crippen LogP contribution is 2.11. The Hall–Kier alpha value is -1.66. The van der Waals surface area contributed by atoms with Crippen LogP contribution >= 0.6 is 0 Å². The van der Waals surface area contributed by atoms with Gasteiger partial charge in [-0.1, -0.05) is 6.92 Å². The second kappa shape index (κ2) is 7.38. The van der Waals surface area contributed by atoms with E-state index in [1.54, 1.807) is 0 Å². The molecule has 0 atom stereocenters. The molecule has 2 heterocycles. The number of pyridine rings is 1. The monoisotopic (exact) mass is 291 g/mol. The first-order valence-corrected chi connectivity index (χ1v) is 7.55. The van der Waals surface area contributed by atoms with Crippen molar-refractivity contribution in [3.05, 3.63) is 23.4 Å².